The average molecular weight is 265 g/mol. The molecule has 0 aromatic carbocycles. The molecule has 0 saturated heterocycles. The van der Waals surface area contributed by atoms with Crippen LogP contribution in [0.2, 0.25) is 5.02 Å². The fourth-order valence-electron chi connectivity index (χ4n) is 1.21. The highest BCUT2D eigenvalue weighted by molar-refractivity contribution is 6.35. The summed E-state index contributed by atoms with van der Waals surface area (Å²) in [5.74, 6) is -2.58. The van der Waals surface area contributed by atoms with Crippen LogP contribution in [0.1, 0.15) is 29.0 Å². The molecule has 0 fully saturated rings. The van der Waals surface area contributed by atoms with E-state index >= 15 is 0 Å². The molecule has 4 nitrogen and oxygen atoms in total. The third-order valence-corrected chi connectivity index (χ3v) is 2.60. The van der Waals surface area contributed by atoms with E-state index in [1.54, 1.807) is 0 Å². The van der Waals surface area contributed by atoms with Gasteiger partial charge in [-0.3, -0.25) is 4.39 Å². The highest BCUT2D eigenvalue weighted by Crippen LogP contribution is 2.30. The number of halogens is 3. The van der Waals surface area contributed by atoms with Crippen molar-refractivity contribution in [3.05, 3.63) is 22.2 Å². The Morgan fingerprint density at radius 1 is 1.65 bits per heavy atom. The van der Waals surface area contributed by atoms with Gasteiger partial charge in [0.25, 0.3) is 0 Å². The molecule has 1 atom stereocenters. The number of rotatable bonds is 3. The number of anilines is 1. The molecule has 0 saturated carbocycles. The normalized spacial score (nSPS) is 12.3. The number of hydrogen-bond donors (Lipinski definition) is 1. The van der Waals surface area contributed by atoms with Crippen LogP contribution in [0.3, 0.4) is 0 Å². The standard InChI is InChI=1S/C10H11ClF2N2O2/c1-4(3-12)8-6(13)7(14)5(11)9(15-8)10(16)17-2/h4H,3H2,1-2H3,(H2,14,15). The molecule has 1 unspecified atom stereocenters. The number of pyridine rings is 1. The van der Waals surface area contributed by atoms with Gasteiger partial charge in [-0.15, -0.1) is 0 Å². The monoisotopic (exact) mass is 264 g/mol. The number of nitrogens with two attached hydrogens (primary N) is 1. The fraction of sp³-hybridized carbons (Fsp3) is 0.400. The number of hydrogen-bond acceptors (Lipinski definition) is 4. The molecule has 0 aliphatic heterocycles. The Kier molecular flexibility index (Phi) is 4.22. The molecule has 1 heterocycles. The van der Waals surface area contributed by atoms with E-state index in [2.05, 4.69) is 9.72 Å². The molecule has 0 spiro atoms. The second kappa shape index (κ2) is 5.27. The van der Waals surface area contributed by atoms with Crippen molar-refractivity contribution in [2.75, 3.05) is 19.5 Å². The molecule has 0 aliphatic rings. The van der Waals surface area contributed by atoms with Crippen LogP contribution in [0, 0.1) is 5.82 Å². The smallest absolute Gasteiger partial charge is 0.358 e. The summed E-state index contributed by atoms with van der Waals surface area (Å²) in [5.41, 5.74) is 4.40. The number of nitrogen functional groups attached to an aromatic ring is 1. The quantitative estimate of drug-likeness (QED) is 0.851. The molecule has 0 bridgehead atoms. The van der Waals surface area contributed by atoms with Crippen molar-refractivity contribution < 1.29 is 18.3 Å². The van der Waals surface area contributed by atoms with E-state index in [4.69, 9.17) is 17.3 Å². The van der Waals surface area contributed by atoms with Crippen LogP contribution in [0.15, 0.2) is 0 Å². The highest BCUT2D eigenvalue weighted by Gasteiger charge is 2.24. The van der Waals surface area contributed by atoms with Gasteiger partial charge in [-0.1, -0.05) is 18.5 Å². The fourth-order valence-corrected chi connectivity index (χ4v) is 1.41. The molecule has 94 valence electrons. The Labute approximate surface area is 102 Å². The molecular weight excluding hydrogens is 254 g/mol. The maximum atomic E-state index is 13.7. The first-order chi connectivity index (χ1) is 7.93. The van der Waals surface area contributed by atoms with Crippen molar-refractivity contribution in [2.24, 2.45) is 0 Å². The van der Waals surface area contributed by atoms with Gasteiger partial charge in [0.15, 0.2) is 11.5 Å². The van der Waals surface area contributed by atoms with Gasteiger partial charge in [-0.05, 0) is 0 Å². The first-order valence-electron chi connectivity index (χ1n) is 4.72. The second-order valence-electron chi connectivity index (χ2n) is 3.43. The summed E-state index contributed by atoms with van der Waals surface area (Å²) < 4.78 is 30.6. The molecule has 1 rings (SSSR count). The third kappa shape index (κ3) is 2.46. The van der Waals surface area contributed by atoms with Crippen molar-refractivity contribution in [3.8, 4) is 0 Å². The van der Waals surface area contributed by atoms with Crippen LogP contribution >= 0.6 is 11.6 Å². The summed E-state index contributed by atoms with van der Waals surface area (Å²) in [6, 6.07) is 0. The Balaban J connectivity index is 3.44. The molecular formula is C10H11ClF2N2O2. The number of methoxy groups -OCH3 is 1. The molecule has 0 radical (unpaired) electrons. The molecule has 1 aromatic rings. The van der Waals surface area contributed by atoms with Crippen LogP contribution in [0.5, 0.6) is 0 Å². The summed E-state index contributed by atoms with van der Waals surface area (Å²) in [6.07, 6.45) is 0. The van der Waals surface area contributed by atoms with E-state index in [0.29, 0.717) is 0 Å². The number of nitrogens with zero attached hydrogens (tertiary/aromatic N) is 1. The lowest BCUT2D eigenvalue weighted by Crippen LogP contribution is -2.14. The van der Waals surface area contributed by atoms with Gasteiger partial charge in [0.05, 0.1) is 30.2 Å². The number of carbonyl (C=O) groups is 1. The summed E-state index contributed by atoms with van der Waals surface area (Å²) in [6.45, 7) is 0.589. The first-order valence-corrected chi connectivity index (χ1v) is 5.10. The summed E-state index contributed by atoms with van der Waals surface area (Å²) in [4.78, 5) is 15.0. The Bertz CT molecular complexity index is 454. The Hall–Kier alpha value is -1.43. The lowest BCUT2D eigenvalue weighted by atomic mass is 10.1. The lowest BCUT2D eigenvalue weighted by Gasteiger charge is -2.12. The lowest BCUT2D eigenvalue weighted by molar-refractivity contribution is 0.0593. The van der Waals surface area contributed by atoms with E-state index < -0.39 is 30.1 Å². The molecule has 7 heteroatoms. The van der Waals surface area contributed by atoms with Crippen LogP contribution in [0.4, 0.5) is 14.5 Å². The van der Waals surface area contributed by atoms with Crippen molar-refractivity contribution in [3.63, 3.8) is 0 Å². The van der Waals surface area contributed by atoms with E-state index in [1.807, 2.05) is 0 Å². The van der Waals surface area contributed by atoms with Crippen molar-refractivity contribution in [2.45, 2.75) is 12.8 Å². The zero-order valence-electron chi connectivity index (χ0n) is 9.26. The van der Waals surface area contributed by atoms with Crippen molar-refractivity contribution in [1.29, 1.82) is 0 Å². The predicted octanol–water partition coefficient (Wildman–Crippen LogP) is 2.32. The van der Waals surface area contributed by atoms with Crippen LogP contribution in [0.25, 0.3) is 0 Å². The van der Waals surface area contributed by atoms with E-state index in [-0.39, 0.29) is 16.4 Å². The number of aromatic nitrogens is 1. The largest absolute Gasteiger partial charge is 0.464 e. The number of ether oxygens (including phenoxy) is 1. The van der Waals surface area contributed by atoms with Crippen molar-refractivity contribution in [1.82, 2.24) is 4.98 Å². The molecule has 0 aliphatic carbocycles. The van der Waals surface area contributed by atoms with Gasteiger partial charge in [0.2, 0.25) is 0 Å². The maximum Gasteiger partial charge on any atom is 0.358 e. The first kappa shape index (κ1) is 13.6. The molecule has 17 heavy (non-hydrogen) atoms. The summed E-state index contributed by atoms with van der Waals surface area (Å²) in [5, 5.41) is -0.329. The Morgan fingerprint density at radius 2 is 2.24 bits per heavy atom. The predicted molar refractivity (Wildman–Crippen MR) is 59.3 cm³/mol. The second-order valence-corrected chi connectivity index (χ2v) is 3.81. The van der Waals surface area contributed by atoms with Crippen molar-refractivity contribution >= 4 is 23.3 Å². The minimum absolute atomic E-state index is 0.241. The number of esters is 1. The van der Waals surface area contributed by atoms with Crippen LogP contribution in [-0.2, 0) is 4.74 Å². The van der Waals surface area contributed by atoms with E-state index in [1.165, 1.54) is 6.92 Å². The van der Waals surface area contributed by atoms with Gasteiger partial charge in [-0.25, -0.2) is 14.2 Å². The summed E-state index contributed by atoms with van der Waals surface area (Å²) in [7, 11) is 1.12. The van der Waals surface area contributed by atoms with Gasteiger partial charge >= 0.3 is 5.97 Å². The number of carbonyl (C=O) groups excluding carboxylic acids is 1. The van der Waals surface area contributed by atoms with E-state index in [0.717, 1.165) is 7.11 Å². The summed E-state index contributed by atoms with van der Waals surface area (Å²) >= 11 is 5.67. The van der Waals surface area contributed by atoms with Crippen LogP contribution < -0.4 is 5.73 Å². The van der Waals surface area contributed by atoms with Gasteiger partial charge in [-0.2, -0.15) is 0 Å². The zero-order valence-corrected chi connectivity index (χ0v) is 10.0. The number of alkyl halides is 1. The third-order valence-electron chi connectivity index (χ3n) is 2.21. The van der Waals surface area contributed by atoms with Gasteiger partial charge in [0, 0.05) is 5.92 Å². The molecule has 2 N–H and O–H groups in total. The molecule has 1 aromatic heterocycles. The topological polar surface area (TPSA) is 65.2 Å². The zero-order chi connectivity index (χ0) is 13.2. The SMILES string of the molecule is COC(=O)c1nc(C(C)CF)c(F)c(N)c1Cl. The highest BCUT2D eigenvalue weighted by atomic mass is 35.5. The van der Waals surface area contributed by atoms with Gasteiger partial charge in [0.1, 0.15) is 0 Å². The van der Waals surface area contributed by atoms with Crippen LogP contribution in [-0.4, -0.2) is 24.7 Å². The Morgan fingerprint density at radius 3 is 2.71 bits per heavy atom. The van der Waals surface area contributed by atoms with Gasteiger partial charge < -0.3 is 10.5 Å². The minimum Gasteiger partial charge on any atom is -0.464 e. The minimum atomic E-state index is -0.909. The van der Waals surface area contributed by atoms with E-state index in [9.17, 15) is 13.6 Å². The average Bonchev–Trinajstić information content (AvgIpc) is 2.34. The molecule has 0 amide bonds. The maximum absolute atomic E-state index is 13.7.